The van der Waals surface area contributed by atoms with E-state index in [4.69, 9.17) is 5.73 Å². The molecule has 0 aliphatic rings. The smallest absolute Gasteiger partial charge is 0.248 e. The van der Waals surface area contributed by atoms with Gasteiger partial charge in [-0.05, 0) is 24.6 Å². The lowest BCUT2D eigenvalue weighted by Crippen LogP contribution is -2.10. The Morgan fingerprint density at radius 3 is 2.61 bits per heavy atom. The molecule has 2 rings (SSSR count). The maximum Gasteiger partial charge on any atom is 0.248 e. The zero-order valence-electron chi connectivity index (χ0n) is 9.95. The lowest BCUT2D eigenvalue weighted by Gasteiger charge is -2.02. The molecule has 0 saturated carbocycles. The lowest BCUT2D eigenvalue weighted by molar-refractivity contribution is 0.100. The van der Waals surface area contributed by atoms with Crippen molar-refractivity contribution in [3.05, 3.63) is 47.3 Å². The van der Waals surface area contributed by atoms with Crippen LogP contribution in [0.5, 0.6) is 0 Å². The van der Waals surface area contributed by atoms with Gasteiger partial charge in [0.25, 0.3) is 0 Å². The molecule has 3 N–H and O–H groups in total. The van der Waals surface area contributed by atoms with Crippen molar-refractivity contribution in [2.24, 2.45) is 5.73 Å². The van der Waals surface area contributed by atoms with E-state index >= 15 is 0 Å². The van der Waals surface area contributed by atoms with Gasteiger partial charge in [0.1, 0.15) is 5.69 Å². The van der Waals surface area contributed by atoms with Gasteiger partial charge in [-0.15, -0.1) is 5.10 Å². The van der Waals surface area contributed by atoms with E-state index in [2.05, 4.69) is 10.3 Å². The first-order chi connectivity index (χ1) is 8.56. The molecule has 1 heterocycles. The van der Waals surface area contributed by atoms with Crippen LogP contribution < -0.4 is 5.73 Å². The van der Waals surface area contributed by atoms with Crippen molar-refractivity contribution in [3.63, 3.8) is 0 Å². The van der Waals surface area contributed by atoms with E-state index in [0.717, 1.165) is 5.56 Å². The maximum atomic E-state index is 10.9. The molecule has 0 fully saturated rings. The number of carbonyl (C=O) groups excluding carboxylic acids is 1. The van der Waals surface area contributed by atoms with Crippen molar-refractivity contribution in [1.82, 2.24) is 15.0 Å². The van der Waals surface area contributed by atoms with Gasteiger partial charge in [-0.2, -0.15) is 0 Å². The van der Waals surface area contributed by atoms with Gasteiger partial charge in [0.15, 0.2) is 0 Å². The molecule has 1 atom stereocenters. The summed E-state index contributed by atoms with van der Waals surface area (Å²) >= 11 is 0. The number of nitrogens with zero attached hydrogens (tertiary/aromatic N) is 3. The van der Waals surface area contributed by atoms with Crippen LogP contribution in [0, 0.1) is 0 Å². The summed E-state index contributed by atoms with van der Waals surface area (Å²) in [6.07, 6.45) is 1.06. The van der Waals surface area contributed by atoms with E-state index < -0.39 is 12.0 Å². The van der Waals surface area contributed by atoms with Gasteiger partial charge in [0, 0.05) is 5.56 Å². The molecular formula is C12H14N4O2. The molecule has 1 aromatic carbocycles. The van der Waals surface area contributed by atoms with E-state index in [1.807, 2.05) is 12.1 Å². The number of rotatable bonds is 4. The molecule has 0 bridgehead atoms. The summed E-state index contributed by atoms with van der Waals surface area (Å²) in [5, 5.41) is 17.1. The number of hydrogen-bond acceptors (Lipinski definition) is 4. The Morgan fingerprint density at radius 2 is 2.11 bits per heavy atom. The molecule has 94 valence electrons. The van der Waals surface area contributed by atoms with E-state index in [9.17, 15) is 9.90 Å². The Labute approximate surface area is 104 Å². The predicted octanol–water partition coefficient (Wildman–Crippen LogP) is 0.479. The fourth-order valence-corrected chi connectivity index (χ4v) is 1.54. The largest absolute Gasteiger partial charge is 0.387 e. The Kier molecular flexibility index (Phi) is 3.38. The SMILES string of the molecule is CC(O)c1cn(Cc2ccc(C(N)=O)cc2)nn1. The summed E-state index contributed by atoms with van der Waals surface area (Å²) in [5.41, 5.74) is 7.14. The first-order valence-electron chi connectivity index (χ1n) is 5.53. The molecule has 0 spiro atoms. The van der Waals surface area contributed by atoms with Crippen LogP contribution in [0.4, 0.5) is 0 Å². The summed E-state index contributed by atoms with van der Waals surface area (Å²) < 4.78 is 1.63. The molecular weight excluding hydrogens is 232 g/mol. The average Bonchev–Trinajstić information content (AvgIpc) is 2.78. The van der Waals surface area contributed by atoms with Gasteiger partial charge in [-0.3, -0.25) is 4.79 Å². The summed E-state index contributed by atoms with van der Waals surface area (Å²) in [7, 11) is 0. The molecule has 0 radical (unpaired) electrons. The summed E-state index contributed by atoms with van der Waals surface area (Å²) in [6, 6.07) is 6.96. The van der Waals surface area contributed by atoms with Crippen molar-refractivity contribution in [2.45, 2.75) is 19.6 Å². The van der Waals surface area contributed by atoms with E-state index in [-0.39, 0.29) is 0 Å². The van der Waals surface area contributed by atoms with Crippen LogP contribution >= 0.6 is 0 Å². The predicted molar refractivity (Wildman–Crippen MR) is 64.7 cm³/mol. The number of carbonyl (C=O) groups is 1. The number of amides is 1. The zero-order chi connectivity index (χ0) is 13.1. The van der Waals surface area contributed by atoms with Crippen LogP contribution in [-0.2, 0) is 6.54 Å². The van der Waals surface area contributed by atoms with Gasteiger partial charge < -0.3 is 10.8 Å². The maximum absolute atomic E-state index is 10.9. The Hall–Kier alpha value is -2.21. The van der Waals surface area contributed by atoms with Crippen molar-refractivity contribution in [3.8, 4) is 0 Å². The third kappa shape index (κ3) is 2.72. The summed E-state index contributed by atoms with van der Waals surface area (Å²) in [4.78, 5) is 10.9. The molecule has 1 amide bonds. The highest BCUT2D eigenvalue weighted by atomic mass is 16.3. The summed E-state index contributed by atoms with van der Waals surface area (Å²) in [6.45, 7) is 2.16. The summed E-state index contributed by atoms with van der Waals surface area (Å²) in [5.74, 6) is -0.446. The minimum Gasteiger partial charge on any atom is -0.387 e. The van der Waals surface area contributed by atoms with Gasteiger partial charge in [0.05, 0.1) is 18.8 Å². The van der Waals surface area contributed by atoms with Gasteiger partial charge in [0.2, 0.25) is 5.91 Å². The minimum atomic E-state index is -0.629. The number of primary amides is 1. The fourth-order valence-electron chi connectivity index (χ4n) is 1.54. The molecule has 1 aromatic heterocycles. The quantitative estimate of drug-likeness (QED) is 0.820. The third-order valence-corrected chi connectivity index (χ3v) is 2.57. The van der Waals surface area contributed by atoms with Crippen molar-refractivity contribution in [1.29, 1.82) is 0 Å². The number of hydrogen-bond donors (Lipinski definition) is 2. The van der Waals surface area contributed by atoms with Gasteiger partial charge in [-0.25, -0.2) is 4.68 Å². The Morgan fingerprint density at radius 1 is 1.44 bits per heavy atom. The average molecular weight is 246 g/mol. The molecule has 0 aliphatic heterocycles. The molecule has 1 unspecified atom stereocenters. The van der Waals surface area contributed by atoms with E-state index in [1.54, 1.807) is 29.9 Å². The van der Waals surface area contributed by atoms with E-state index in [0.29, 0.717) is 17.8 Å². The first kappa shape index (κ1) is 12.3. The molecule has 2 aromatic rings. The number of benzene rings is 1. The number of aliphatic hydroxyl groups excluding tert-OH is 1. The van der Waals surface area contributed by atoms with Gasteiger partial charge in [-0.1, -0.05) is 17.3 Å². The highest BCUT2D eigenvalue weighted by molar-refractivity contribution is 5.92. The van der Waals surface area contributed by atoms with Crippen molar-refractivity contribution < 1.29 is 9.90 Å². The topological polar surface area (TPSA) is 94.0 Å². The first-order valence-corrected chi connectivity index (χ1v) is 5.53. The Balaban J connectivity index is 2.10. The lowest BCUT2D eigenvalue weighted by atomic mass is 10.1. The fraction of sp³-hybridized carbons (Fsp3) is 0.250. The van der Waals surface area contributed by atoms with Gasteiger partial charge >= 0.3 is 0 Å². The van der Waals surface area contributed by atoms with Crippen LogP contribution in [0.3, 0.4) is 0 Å². The highest BCUT2D eigenvalue weighted by Crippen LogP contribution is 2.09. The zero-order valence-corrected chi connectivity index (χ0v) is 9.95. The number of aliphatic hydroxyl groups is 1. The van der Waals surface area contributed by atoms with Crippen molar-refractivity contribution in [2.75, 3.05) is 0 Å². The van der Waals surface area contributed by atoms with Crippen LogP contribution in [0.2, 0.25) is 0 Å². The minimum absolute atomic E-state index is 0.446. The van der Waals surface area contributed by atoms with Crippen molar-refractivity contribution >= 4 is 5.91 Å². The van der Waals surface area contributed by atoms with E-state index in [1.165, 1.54) is 0 Å². The number of aromatic nitrogens is 3. The number of nitrogens with two attached hydrogens (primary N) is 1. The second-order valence-electron chi connectivity index (χ2n) is 4.08. The van der Waals surface area contributed by atoms with Crippen LogP contribution in [0.25, 0.3) is 0 Å². The standard InChI is InChI=1S/C12H14N4O2/c1-8(17)11-7-16(15-14-11)6-9-2-4-10(5-3-9)12(13)18/h2-5,7-8,17H,6H2,1H3,(H2,13,18). The normalized spacial score (nSPS) is 12.3. The molecule has 6 nitrogen and oxygen atoms in total. The molecule has 6 heteroatoms. The Bertz CT molecular complexity index is 545. The monoisotopic (exact) mass is 246 g/mol. The highest BCUT2D eigenvalue weighted by Gasteiger charge is 2.06. The van der Waals surface area contributed by atoms with Crippen LogP contribution in [0.15, 0.2) is 30.5 Å². The molecule has 0 aliphatic carbocycles. The third-order valence-electron chi connectivity index (χ3n) is 2.57. The second-order valence-corrected chi connectivity index (χ2v) is 4.08. The molecule has 18 heavy (non-hydrogen) atoms. The molecule has 0 saturated heterocycles. The second kappa shape index (κ2) is 4.97. The van der Waals surface area contributed by atoms with Crippen LogP contribution in [0.1, 0.15) is 34.6 Å². The van der Waals surface area contributed by atoms with Crippen LogP contribution in [-0.4, -0.2) is 26.0 Å².